The number of carboxylic acid groups (broad SMARTS) is 1. The summed E-state index contributed by atoms with van der Waals surface area (Å²) in [5.41, 5.74) is 4.61. The van der Waals surface area contributed by atoms with E-state index in [2.05, 4.69) is 51.7 Å². The maximum atomic E-state index is 10.6. The Labute approximate surface area is 186 Å². The van der Waals surface area contributed by atoms with Crippen molar-refractivity contribution < 1.29 is 27.8 Å². The van der Waals surface area contributed by atoms with E-state index in [4.69, 9.17) is 19.6 Å². The number of alkyl halides is 3. The number of nitrogens with zero attached hydrogens (tertiary/aromatic N) is 2. The van der Waals surface area contributed by atoms with Crippen molar-refractivity contribution in [2.24, 2.45) is 0 Å². The Hall–Kier alpha value is -2.81. The number of hydrogen-bond donors (Lipinski definition) is 1. The molecule has 0 radical (unpaired) electrons. The fourth-order valence-electron chi connectivity index (χ4n) is 2.94. The number of aromatic nitrogens is 2. The molecule has 5 nitrogen and oxygen atoms in total. The monoisotopic (exact) mass is 498 g/mol. The lowest BCUT2D eigenvalue weighted by atomic mass is 10.1. The number of ether oxygens (including phenoxy) is 1. The molecule has 0 amide bonds. The highest BCUT2D eigenvalue weighted by atomic mass is 79.9. The van der Waals surface area contributed by atoms with Crippen molar-refractivity contribution in [3.63, 3.8) is 0 Å². The number of rotatable bonds is 6. The van der Waals surface area contributed by atoms with Crippen LogP contribution in [0.15, 0.2) is 59.3 Å². The maximum absolute atomic E-state index is 10.6. The summed E-state index contributed by atoms with van der Waals surface area (Å²) in [5.74, 6) is -1.84. The molecule has 1 N–H and O–H groups in total. The molecule has 0 saturated heterocycles. The summed E-state index contributed by atoms with van der Waals surface area (Å²) < 4.78 is 40.5. The van der Waals surface area contributed by atoms with Gasteiger partial charge in [0.15, 0.2) is 0 Å². The van der Waals surface area contributed by atoms with Gasteiger partial charge in [0.25, 0.3) is 0 Å². The molecule has 0 aliphatic heterocycles. The first kappa shape index (κ1) is 24.5. The summed E-state index contributed by atoms with van der Waals surface area (Å²) in [6.45, 7) is 2.96. The van der Waals surface area contributed by atoms with Gasteiger partial charge in [-0.3, -0.25) is 0 Å². The van der Waals surface area contributed by atoms with Crippen LogP contribution in [0.25, 0.3) is 11.3 Å². The summed E-state index contributed by atoms with van der Waals surface area (Å²) in [6, 6.07) is 16.4. The Morgan fingerprint density at radius 3 is 2.35 bits per heavy atom. The molecule has 0 spiro atoms. The third-order valence-corrected chi connectivity index (χ3v) is 5.03. The Morgan fingerprint density at radius 1 is 1.16 bits per heavy atom. The molecule has 0 bridgehead atoms. The van der Waals surface area contributed by atoms with Gasteiger partial charge >= 0.3 is 12.1 Å². The summed E-state index contributed by atoms with van der Waals surface area (Å²) in [6.07, 6.45) is -1.08. The molecule has 9 heteroatoms. The van der Waals surface area contributed by atoms with Crippen LogP contribution in [0.3, 0.4) is 0 Å². The number of imidazole rings is 1. The van der Waals surface area contributed by atoms with Gasteiger partial charge < -0.3 is 14.4 Å². The van der Waals surface area contributed by atoms with E-state index >= 15 is 0 Å². The highest BCUT2D eigenvalue weighted by Crippen LogP contribution is 2.31. The normalized spacial score (nSPS) is 10.9. The molecule has 0 atom stereocenters. The summed E-state index contributed by atoms with van der Waals surface area (Å²) in [4.78, 5) is 13.6. The van der Waals surface area contributed by atoms with Crippen LogP contribution in [0.2, 0.25) is 0 Å². The third kappa shape index (κ3) is 6.58. The molecule has 1 aromatic heterocycles. The standard InChI is InChI=1S/C20H21BrN2O.C2HF3O2/c1-3-8-18-20(16-10-5-6-11-17(16)21)22-14-23(18)13-15-9-4-7-12-19(15)24-2;3-2(4,5)1(6)7/h4-7,9-12,14H,3,8,13H2,1-2H3;(H,6,7). The van der Waals surface area contributed by atoms with Crippen LogP contribution < -0.4 is 4.74 Å². The minimum absolute atomic E-state index is 0.761. The van der Waals surface area contributed by atoms with Gasteiger partial charge in [0, 0.05) is 21.3 Å². The molecule has 166 valence electrons. The van der Waals surface area contributed by atoms with E-state index in [1.807, 2.05) is 30.6 Å². The third-order valence-electron chi connectivity index (χ3n) is 4.34. The van der Waals surface area contributed by atoms with Gasteiger partial charge in [0.1, 0.15) is 5.75 Å². The number of aliphatic carboxylic acids is 1. The first-order valence-corrected chi connectivity index (χ1v) is 10.2. The van der Waals surface area contributed by atoms with Gasteiger partial charge in [-0.15, -0.1) is 0 Å². The Balaban J connectivity index is 0.000000423. The number of para-hydroxylation sites is 1. The van der Waals surface area contributed by atoms with Gasteiger partial charge in [0.05, 0.1) is 25.7 Å². The minimum atomic E-state index is -5.08. The largest absolute Gasteiger partial charge is 0.496 e. The van der Waals surface area contributed by atoms with E-state index < -0.39 is 12.1 Å². The van der Waals surface area contributed by atoms with Crippen molar-refractivity contribution in [2.75, 3.05) is 7.11 Å². The zero-order valence-electron chi connectivity index (χ0n) is 17.0. The summed E-state index contributed by atoms with van der Waals surface area (Å²) >= 11 is 3.65. The molecule has 0 aliphatic carbocycles. The van der Waals surface area contributed by atoms with Crippen LogP contribution in [0.4, 0.5) is 13.2 Å². The second-order valence-corrected chi connectivity index (χ2v) is 7.37. The minimum Gasteiger partial charge on any atom is -0.496 e. The van der Waals surface area contributed by atoms with E-state index in [-0.39, 0.29) is 0 Å². The predicted molar refractivity (Wildman–Crippen MR) is 115 cm³/mol. The van der Waals surface area contributed by atoms with Crippen LogP contribution in [0, 0.1) is 0 Å². The van der Waals surface area contributed by atoms with E-state index in [9.17, 15) is 13.2 Å². The van der Waals surface area contributed by atoms with Crippen molar-refractivity contribution >= 4 is 21.9 Å². The molecule has 0 fully saturated rings. The predicted octanol–water partition coefficient (Wildman–Crippen LogP) is 5.96. The number of carboxylic acids is 1. The Kier molecular flexibility index (Phi) is 8.67. The number of hydrogen-bond acceptors (Lipinski definition) is 3. The van der Waals surface area contributed by atoms with Gasteiger partial charge in [0.2, 0.25) is 0 Å². The van der Waals surface area contributed by atoms with Crippen molar-refractivity contribution in [1.82, 2.24) is 9.55 Å². The summed E-state index contributed by atoms with van der Waals surface area (Å²) in [5, 5.41) is 7.12. The first-order valence-electron chi connectivity index (χ1n) is 9.39. The van der Waals surface area contributed by atoms with Gasteiger partial charge in [-0.1, -0.05) is 65.7 Å². The van der Waals surface area contributed by atoms with E-state index in [0.29, 0.717) is 0 Å². The molecular formula is C22H22BrF3N2O3. The zero-order valence-corrected chi connectivity index (χ0v) is 18.6. The van der Waals surface area contributed by atoms with Crippen molar-refractivity contribution in [3.8, 4) is 17.0 Å². The lowest BCUT2D eigenvalue weighted by Crippen LogP contribution is -2.21. The quantitative estimate of drug-likeness (QED) is 0.455. The second kappa shape index (κ2) is 11.0. The van der Waals surface area contributed by atoms with E-state index in [0.717, 1.165) is 46.4 Å². The lowest BCUT2D eigenvalue weighted by molar-refractivity contribution is -0.192. The van der Waals surface area contributed by atoms with Gasteiger partial charge in [-0.25, -0.2) is 9.78 Å². The molecule has 1 heterocycles. The second-order valence-electron chi connectivity index (χ2n) is 6.51. The number of benzene rings is 2. The Bertz CT molecular complexity index is 1020. The van der Waals surface area contributed by atoms with Crippen molar-refractivity contribution in [3.05, 3.63) is 70.6 Å². The molecular weight excluding hydrogens is 477 g/mol. The van der Waals surface area contributed by atoms with E-state index in [1.165, 1.54) is 5.69 Å². The van der Waals surface area contributed by atoms with Gasteiger partial charge in [-0.2, -0.15) is 13.2 Å². The van der Waals surface area contributed by atoms with E-state index in [1.54, 1.807) is 7.11 Å². The van der Waals surface area contributed by atoms with Crippen LogP contribution in [-0.4, -0.2) is 33.9 Å². The molecule has 0 saturated carbocycles. The number of halogens is 4. The zero-order chi connectivity index (χ0) is 23.0. The average molecular weight is 499 g/mol. The van der Waals surface area contributed by atoms with Crippen molar-refractivity contribution in [2.45, 2.75) is 32.5 Å². The van der Waals surface area contributed by atoms with Crippen LogP contribution in [0.1, 0.15) is 24.6 Å². The topological polar surface area (TPSA) is 64.4 Å². The SMILES string of the molecule is CCCc1c(-c2ccccc2Br)ncn1Cc1ccccc1OC.O=C(O)C(F)(F)F. The maximum Gasteiger partial charge on any atom is 0.490 e. The molecule has 31 heavy (non-hydrogen) atoms. The van der Waals surface area contributed by atoms with Crippen molar-refractivity contribution in [1.29, 1.82) is 0 Å². The van der Waals surface area contributed by atoms with Crippen LogP contribution in [0.5, 0.6) is 5.75 Å². The molecule has 0 unspecified atom stereocenters. The molecule has 3 aromatic rings. The highest BCUT2D eigenvalue weighted by molar-refractivity contribution is 9.10. The fourth-order valence-corrected chi connectivity index (χ4v) is 3.41. The summed E-state index contributed by atoms with van der Waals surface area (Å²) in [7, 11) is 1.71. The number of carbonyl (C=O) groups is 1. The number of methoxy groups -OCH3 is 1. The molecule has 2 aromatic carbocycles. The fraction of sp³-hybridized carbons (Fsp3) is 0.273. The molecule has 3 rings (SSSR count). The molecule has 0 aliphatic rings. The van der Waals surface area contributed by atoms with Crippen LogP contribution >= 0.6 is 15.9 Å². The highest BCUT2D eigenvalue weighted by Gasteiger charge is 2.38. The first-order chi connectivity index (χ1) is 14.7. The smallest absolute Gasteiger partial charge is 0.490 e. The van der Waals surface area contributed by atoms with Gasteiger partial charge in [-0.05, 0) is 18.6 Å². The van der Waals surface area contributed by atoms with Crippen LogP contribution in [-0.2, 0) is 17.8 Å². The Morgan fingerprint density at radius 2 is 1.77 bits per heavy atom. The lowest BCUT2D eigenvalue weighted by Gasteiger charge is -2.13. The average Bonchev–Trinajstić information content (AvgIpc) is 3.11.